The second-order valence-electron chi connectivity index (χ2n) is 12.0. The Morgan fingerprint density at radius 2 is 1.68 bits per heavy atom. The standard InChI is InChI=1S/C34H46F2P2/c1-4-15-26-18-14-23-33(32(6-3)21-11-8-12-22-32,31-29-20-13-19-28(29)30(5-2)37-31)34(26,38(24-35)25-36)27-16-9-7-10-17-27/h7,9-10,13,16-17,19-20,26H,4-6,8,11-12,14-15,18,21-25H2,1-3H3. The molecule has 2 saturated carbocycles. The molecule has 38 heavy (non-hydrogen) atoms. The van der Waals surface area contributed by atoms with Gasteiger partial charge in [0.25, 0.3) is 0 Å². The van der Waals surface area contributed by atoms with Gasteiger partial charge in [-0.05, 0) is 91.5 Å². The summed E-state index contributed by atoms with van der Waals surface area (Å²) in [4.78, 5) is 0. The maximum Gasteiger partial charge on any atom is 0.112 e. The van der Waals surface area contributed by atoms with E-state index < -0.39 is 25.9 Å². The SMILES string of the molecule is CCCC1CCCC(C2=PC(CC)=C3C=CC=C23)(C2(CC)CCCCC2)C1(c1ccccc1)P(CF)CF. The lowest BCUT2D eigenvalue weighted by atomic mass is 9.42. The number of halogens is 2. The Hall–Kier alpha value is -1.10. The molecule has 1 aliphatic heterocycles. The Morgan fingerprint density at radius 1 is 0.947 bits per heavy atom. The third-order valence-electron chi connectivity index (χ3n) is 10.7. The molecule has 0 radical (unpaired) electrons. The highest BCUT2D eigenvalue weighted by atomic mass is 31.1. The molecule has 4 aliphatic rings. The maximum absolute atomic E-state index is 15.6. The molecule has 0 bridgehead atoms. The summed E-state index contributed by atoms with van der Waals surface area (Å²) in [7, 11) is -0.176. The van der Waals surface area contributed by atoms with Crippen molar-refractivity contribution in [3.05, 3.63) is 70.6 Å². The van der Waals surface area contributed by atoms with Gasteiger partial charge in [-0.25, -0.2) is 8.78 Å². The highest BCUT2D eigenvalue weighted by Gasteiger charge is 2.70. The summed E-state index contributed by atoms with van der Waals surface area (Å²) in [5, 5.41) is 2.55. The highest BCUT2D eigenvalue weighted by Crippen LogP contribution is 2.80. The molecule has 2 fully saturated rings. The van der Waals surface area contributed by atoms with Crippen molar-refractivity contribution >= 4 is 21.4 Å². The topological polar surface area (TPSA) is 0 Å². The molecule has 0 nitrogen and oxygen atoms in total. The molecular formula is C34H46F2P2. The zero-order valence-electron chi connectivity index (χ0n) is 23.7. The first-order valence-corrected chi connectivity index (χ1v) is 17.8. The molecule has 1 aromatic carbocycles. The Kier molecular flexibility index (Phi) is 8.82. The van der Waals surface area contributed by atoms with Crippen molar-refractivity contribution in [1.29, 1.82) is 0 Å². The third-order valence-corrected chi connectivity index (χ3v) is 15.0. The Bertz CT molecular complexity index is 1100. The normalized spacial score (nSPS) is 30.9. The van der Waals surface area contributed by atoms with Gasteiger partial charge < -0.3 is 0 Å². The summed E-state index contributed by atoms with van der Waals surface area (Å²) in [6.45, 7) is 6.96. The predicted molar refractivity (Wildman–Crippen MR) is 164 cm³/mol. The van der Waals surface area contributed by atoms with Crippen molar-refractivity contribution in [3.63, 3.8) is 0 Å². The average Bonchev–Trinajstić information content (AvgIpc) is 3.58. The van der Waals surface area contributed by atoms with E-state index in [2.05, 4.69) is 69.3 Å². The number of rotatable bonds is 10. The van der Waals surface area contributed by atoms with Crippen LogP contribution in [0.4, 0.5) is 8.78 Å². The molecule has 0 spiro atoms. The third kappa shape index (κ3) is 4.02. The van der Waals surface area contributed by atoms with Crippen molar-refractivity contribution in [1.82, 2.24) is 0 Å². The molecule has 0 amide bonds. The quantitative estimate of drug-likeness (QED) is 0.252. The minimum atomic E-state index is -1.51. The van der Waals surface area contributed by atoms with Crippen LogP contribution >= 0.6 is 16.1 Å². The van der Waals surface area contributed by atoms with Crippen molar-refractivity contribution < 1.29 is 8.78 Å². The van der Waals surface area contributed by atoms with Crippen LogP contribution in [0.1, 0.15) is 103 Å². The van der Waals surface area contributed by atoms with Gasteiger partial charge in [0.2, 0.25) is 0 Å². The fourth-order valence-electron chi connectivity index (χ4n) is 9.43. The minimum Gasteiger partial charge on any atom is -0.246 e. The molecule has 1 heterocycles. The van der Waals surface area contributed by atoms with Crippen LogP contribution in [0, 0.1) is 16.7 Å². The van der Waals surface area contributed by atoms with E-state index >= 15 is 8.78 Å². The lowest BCUT2D eigenvalue weighted by molar-refractivity contribution is -0.0380. The fourth-order valence-corrected chi connectivity index (χ4v) is 14.0. The summed E-state index contributed by atoms with van der Waals surface area (Å²) in [5.74, 6) is 0.304. The van der Waals surface area contributed by atoms with Crippen LogP contribution in [-0.2, 0) is 5.16 Å². The van der Waals surface area contributed by atoms with Crippen LogP contribution < -0.4 is 0 Å². The Labute approximate surface area is 233 Å². The van der Waals surface area contributed by atoms with Crippen molar-refractivity contribution in [2.45, 2.75) is 103 Å². The second-order valence-corrected chi connectivity index (χ2v) is 15.5. The first kappa shape index (κ1) is 28.4. The monoisotopic (exact) mass is 554 g/mol. The zero-order chi connectivity index (χ0) is 26.8. The molecule has 0 saturated heterocycles. The number of benzene rings is 1. The number of fused-ring (bicyclic) bond motifs is 1. The van der Waals surface area contributed by atoms with E-state index in [1.165, 1.54) is 74.0 Å². The van der Waals surface area contributed by atoms with E-state index in [4.69, 9.17) is 0 Å². The largest absolute Gasteiger partial charge is 0.246 e. The molecule has 1 aromatic rings. The summed E-state index contributed by atoms with van der Waals surface area (Å²) < 4.78 is 31.1. The molecule has 5 rings (SSSR count). The smallest absolute Gasteiger partial charge is 0.112 e. The van der Waals surface area contributed by atoms with E-state index in [1.54, 1.807) is 0 Å². The van der Waals surface area contributed by atoms with Gasteiger partial charge in [-0.15, -0.1) is 0 Å². The van der Waals surface area contributed by atoms with Gasteiger partial charge in [0.1, 0.15) is 12.8 Å². The van der Waals surface area contributed by atoms with Crippen LogP contribution in [0.5, 0.6) is 0 Å². The molecule has 3 unspecified atom stereocenters. The number of allylic oxidation sites excluding steroid dienone is 6. The second kappa shape index (κ2) is 11.8. The van der Waals surface area contributed by atoms with E-state index in [9.17, 15) is 0 Å². The van der Waals surface area contributed by atoms with E-state index in [0.717, 1.165) is 38.5 Å². The van der Waals surface area contributed by atoms with Crippen LogP contribution in [0.3, 0.4) is 0 Å². The lowest BCUT2D eigenvalue weighted by Crippen LogP contribution is -2.64. The summed E-state index contributed by atoms with van der Waals surface area (Å²) in [5.41, 5.74) is 3.89. The summed E-state index contributed by atoms with van der Waals surface area (Å²) in [6, 6.07) is 10.9. The van der Waals surface area contributed by atoms with Crippen molar-refractivity contribution in [2.24, 2.45) is 16.7 Å². The Morgan fingerprint density at radius 3 is 2.32 bits per heavy atom. The van der Waals surface area contributed by atoms with E-state index in [-0.39, 0.29) is 10.8 Å². The number of hydrogen-bond acceptors (Lipinski definition) is 0. The first-order valence-electron chi connectivity index (χ1n) is 15.2. The number of alkyl halides is 2. The van der Waals surface area contributed by atoms with Crippen LogP contribution in [0.15, 0.2) is 65.0 Å². The minimum absolute atomic E-state index is 0.0679. The summed E-state index contributed by atoms with van der Waals surface area (Å²) in [6.07, 6.45) is 19.6. The van der Waals surface area contributed by atoms with Crippen LogP contribution in [0.25, 0.3) is 0 Å². The fraction of sp³-hybridized carbons (Fsp3) is 0.618. The van der Waals surface area contributed by atoms with Crippen LogP contribution in [-0.4, -0.2) is 18.1 Å². The number of hydrogen-bond donors (Lipinski definition) is 0. The van der Waals surface area contributed by atoms with Gasteiger partial charge in [0.15, 0.2) is 0 Å². The highest BCUT2D eigenvalue weighted by molar-refractivity contribution is 7.58. The van der Waals surface area contributed by atoms with Crippen molar-refractivity contribution in [3.8, 4) is 0 Å². The van der Waals surface area contributed by atoms with Gasteiger partial charge in [-0.1, -0.05) is 110 Å². The van der Waals surface area contributed by atoms with Crippen molar-refractivity contribution in [2.75, 3.05) is 12.8 Å². The Balaban J connectivity index is 1.92. The predicted octanol–water partition coefficient (Wildman–Crippen LogP) is 11.5. The summed E-state index contributed by atoms with van der Waals surface area (Å²) >= 11 is 0. The zero-order valence-corrected chi connectivity index (χ0v) is 25.5. The molecule has 0 aromatic heterocycles. The molecular weight excluding hydrogens is 508 g/mol. The lowest BCUT2D eigenvalue weighted by Gasteiger charge is -2.69. The van der Waals surface area contributed by atoms with Gasteiger partial charge in [-0.2, -0.15) is 0 Å². The first-order chi connectivity index (χ1) is 18.6. The maximum atomic E-state index is 15.6. The molecule has 206 valence electrons. The average molecular weight is 555 g/mol. The molecule has 4 heteroatoms. The van der Waals surface area contributed by atoms with E-state index in [1.807, 2.05) is 0 Å². The van der Waals surface area contributed by atoms with Gasteiger partial charge in [0.05, 0.1) is 0 Å². The van der Waals surface area contributed by atoms with Crippen LogP contribution in [0.2, 0.25) is 0 Å². The molecule has 3 aliphatic carbocycles. The molecule has 0 N–H and O–H groups in total. The van der Waals surface area contributed by atoms with Gasteiger partial charge in [-0.3, -0.25) is 0 Å². The van der Waals surface area contributed by atoms with Gasteiger partial charge >= 0.3 is 0 Å². The van der Waals surface area contributed by atoms with Gasteiger partial charge in [0, 0.05) is 10.6 Å². The van der Waals surface area contributed by atoms with E-state index in [0.29, 0.717) is 5.92 Å². The molecule has 3 atom stereocenters.